The van der Waals surface area contributed by atoms with Crippen LogP contribution in [0.5, 0.6) is 0 Å². The molecule has 0 aliphatic carbocycles. The van der Waals surface area contributed by atoms with Gasteiger partial charge in [0.05, 0.1) is 16.9 Å². The van der Waals surface area contributed by atoms with Crippen LogP contribution in [-0.2, 0) is 5.41 Å². The van der Waals surface area contributed by atoms with Crippen molar-refractivity contribution < 1.29 is 4.79 Å². The Morgan fingerprint density at radius 3 is 2.46 bits per heavy atom. The molecule has 0 fully saturated rings. The molecule has 5 nitrogen and oxygen atoms in total. The molecule has 1 aromatic carbocycles. The summed E-state index contributed by atoms with van der Waals surface area (Å²) < 4.78 is 1.78. The van der Waals surface area contributed by atoms with Crippen molar-refractivity contribution in [3.05, 3.63) is 47.3 Å². The van der Waals surface area contributed by atoms with Gasteiger partial charge in [-0.1, -0.05) is 38.5 Å². The van der Waals surface area contributed by atoms with E-state index in [4.69, 9.17) is 5.73 Å². The minimum atomic E-state index is -0.218. The van der Waals surface area contributed by atoms with E-state index in [2.05, 4.69) is 31.2 Å². The smallest absolute Gasteiger partial charge is 0.254 e. The lowest BCUT2D eigenvalue weighted by atomic mass is 9.89. The van der Waals surface area contributed by atoms with Crippen LogP contribution in [0.1, 0.15) is 55.7 Å². The van der Waals surface area contributed by atoms with E-state index in [0.29, 0.717) is 12.1 Å². The molecule has 2 rings (SSSR count). The van der Waals surface area contributed by atoms with E-state index in [-0.39, 0.29) is 17.4 Å². The monoisotopic (exact) mass is 328 g/mol. The molecule has 0 spiro atoms. The third-order valence-electron chi connectivity index (χ3n) is 3.85. The Morgan fingerprint density at radius 1 is 1.29 bits per heavy atom. The molecule has 130 valence electrons. The summed E-state index contributed by atoms with van der Waals surface area (Å²) in [4.78, 5) is 12.6. The van der Waals surface area contributed by atoms with Crippen LogP contribution in [0, 0.1) is 6.92 Å². The molecule has 5 heteroatoms. The molecule has 1 amide bonds. The van der Waals surface area contributed by atoms with Gasteiger partial charge in [-0.3, -0.25) is 4.79 Å². The Labute approximate surface area is 144 Å². The predicted octanol–water partition coefficient (Wildman–Crippen LogP) is 2.95. The maximum atomic E-state index is 12.6. The zero-order valence-electron chi connectivity index (χ0n) is 15.3. The number of aromatic nitrogens is 2. The van der Waals surface area contributed by atoms with E-state index < -0.39 is 0 Å². The van der Waals surface area contributed by atoms with Gasteiger partial charge in [-0.05, 0) is 32.4 Å². The van der Waals surface area contributed by atoms with Crippen molar-refractivity contribution in [2.24, 2.45) is 5.73 Å². The Kier molecular flexibility index (Phi) is 5.44. The van der Waals surface area contributed by atoms with E-state index in [0.717, 1.165) is 17.8 Å². The molecule has 0 aliphatic heterocycles. The summed E-state index contributed by atoms with van der Waals surface area (Å²) in [5.74, 6) is -0.0982. The fraction of sp³-hybridized carbons (Fsp3) is 0.474. The number of benzene rings is 1. The summed E-state index contributed by atoms with van der Waals surface area (Å²) in [6, 6.07) is 8.16. The van der Waals surface area contributed by atoms with Crippen LogP contribution in [0.15, 0.2) is 30.5 Å². The summed E-state index contributed by atoms with van der Waals surface area (Å²) in [7, 11) is 0. The fourth-order valence-corrected chi connectivity index (χ4v) is 2.43. The summed E-state index contributed by atoms with van der Waals surface area (Å²) in [6.45, 7) is 10.7. The molecular weight excluding hydrogens is 300 g/mol. The van der Waals surface area contributed by atoms with Crippen LogP contribution in [0.3, 0.4) is 0 Å². The first-order valence-corrected chi connectivity index (χ1v) is 8.39. The molecule has 24 heavy (non-hydrogen) atoms. The summed E-state index contributed by atoms with van der Waals surface area (Å²) in [5.41, 5.74) is 9.07. The molecule has 1 heterocycles. The highest BCUT2D eigenvalue weighted by Crippen LogP contribution is 2.25. The normalized spacial score (nSPS) is 12.9. The molecule has 1 unspecified atom stereocenters. The lowest BCUT2D eigenvalue weighted by molar-refractivity contribution is 0.0950. The lowest BCUT2D eigenvalue weighted by Crippen LogP contribution is -2.30. The van der Waals surface area contributed by atoms with Crippen molar-refractivity contribution in [3.8, 4) is 5.69 Å². The Bertz CT molecular complexity index is 693. The Hall–Kier alpha value is -2.14. The van der Waals surface area contributed by atoms with Crippen LogP contribution in [0.25, 0.3) is 5.69 Å². The Morgan fingerprint density at radius 2 is 1.92 bits per heavy atom. The standard InChI is InChI=1S/C19H28N4O/c1-13-6-8-15(9-7-13)23-12-16(17(22-23)19(3,4)5)18(24)21-11-10-14(2)20/h6-9,12,14H,10-11,20H2,1-5H3,(H,21,24). The quantitative estimate of drug-likeness (QED) is 0.886. The van der Waals surface area contributed by atoms with Crippen molar-refractivity contribution in [3.63, 3.8) is 0 Å². The van der Waals surface area contributed by atoms with Crippen molar-refractivity contribution in [1.29, 1.82) is 0 Å². The average molecular weight is 328 g/mol. The largest absolute Gasteiger partial charge is 0.352 e. The zero-order valence-corrected chi connectivity index (χ0v) is 15.3. The van der Waals surface area contributed by atoms with Gasteiger partial charge in [0.1, 0.15) is 0 Å². The molecule has 0 bridgehead atoms. The van der Waals surface area contributed by atoms with Crippen molar-refractivity contribution in [1.82, 2.24) is 15.1 Å². The summed E-state index contributed by atoms with van der Waals surface area (Å²) in [6.07, 6.45) is 2.56. The van der Waals surface area contributed by atoms with Gasteiger partial charge in [0, 0.05) is 24.2 Å². The van der Waals surface area contributed by atoms with Crippen LogP contribution < -0.4 is 11.1 Å². The molecule has 0 saturated heterocycles. The van der Waals surface area contributed by atoms with Gasteiger partial charge in [0.2, 0.25) is 0 Å². The highest BCUT2D eigenvalue weighted by atomic mass is 16.1. The number of carbonyl (C=O) groups excluding carboxylic acids is 1. The zero-order chi connectivity index (χ0) is 17.9. The highest BCUT2D eigenvalue weighted by Gasteiger charge is 2.26. The summed E-state index contributed by atoms with van der Waals surface area (Å²) >= 11 is 0. The van der Waals surface area contributed by atoms with Gasteiger partial charge in [-0.15, -0.1) is 0 Å². The first-order valence-electron chi connectivity index (χ1n) is 8.39. The van der Waals surface area contributed by atoms with Crippen LogP contribution >= 0.6 is 0 Å². The topological polar surface area (TPSA) is 72.9 Å². The van der Waals surface area contributed by atoms with Crippen LogP contribution in [-0.4, -0.2) is 28.3 Å². The number of nitrogens with two attached hydrogens (primary N) is 1. The second kappa shape index (κ2) is 7.18. The predicted molar refractivity (Wildman–Crippen MR) is 97.6 cm³/mol. The molecule has 0 radical (unpaired) electrons. The maximum absolute atomic E-state index is 12.6. The fourth-order valence-electron chi connectivity index (χ4n) is 2.43. The second-order valence-electron chi connectivity index (χ2n) is 7.44. The van der Waals surface area contributed by atoms with Gasteiger partial charge >= 0.3 is 0 Å². The lowest BCUT2D eigenvalue weighted by Gasteiger charge is -2.17. The third kappa shape index (κ3) is 4.45. The van der Waals surface area contributed by atoms with Crippen LogP contribution in [0.4, 0.5) is 0 Å². The molecule has 2 aromatic rings. The minimum Gasteiger partial charge on any atom is -0.352 e. The number of nitrogens with one attached hydrogen (secondary N) is 1. The summed E-state index contributed by atoms with van der Waals surface area (Å²) in [5, 5.41) is 7.62. The molecular formula is C19H28N4O. The van der Waals surface area contributed by atoms with E-state index in [1.807, 2.05) is 44.3 Å². The first kappa shape index (κ1) is 18.2. The third-order valence-corrected chi connectivity index (χ3v) is 3.85. The van der Waals surface area contributed by atoms with E-state index in [1.165, 1.54) is 5.56 Å². The average Bonchev–Trinajstić information content (AvgIpc) is 2.93. The molecule has 3 N–H and O–H groups in total. The number of hydrogen-bond acceptors (Lipinski definition) is 3. The number of amides is 1. The SMILES string of the molecule is Cc1ccc(-n2cc(C(=O)NCCC(C)N)c(C(C)(C)C)n2)cc1. The van der Waals surface area contributed by atoms with Crippen molar-refractivity contribution in [2.45, 2.75) is 52.5 Å². The van der Waals surface area contributed by atoms with Gasteiger partial charge in [0.15, 0.2) is 0 Å². The number of aryl methyl sites for hydroxylation is 1. The number of hydrogen-bond donors (Lipinski definition) is 2. The Balaban J connectivity index is 2.32. The molecule has 1 aromatic heterocycles. The van der Waals surface area contributed by atoms with Gasteiger partial charge in [0.25, 0.3) is 5.91 Å². The van der Waals surface area contributed by atoms with Crippen molar-refractivity contribution in [2.75, 3.05) is 6.54 Å². The van der Waals surface area contributed by atoms with E-state index in [1.54, 1.807) is 4.68 Å². The molecule has 1 atom stereocenters. The number of nitrogens with zero attached hydrogens (tertiary/aromatic N) is 2. The van der Waals surface area contributed by atoms with Crippen molar-refractivity contribution >= 4 is 5.91 Å². The highest BCUT2D eigenvalue weighted by molar-refractivity contribution is 5.95. The van der Waals surface area contributed by atoms with E-state index in [9.17, 15) is 4.79 Å². The minimum absolute atomic E-state index is 0.0719. The number of carbonyl (C=O) groups is 1. The molecule has 0 aliphatic rings. The van der Waals surface area contributed by atoms with Gasteiger partial charge in [-0.25, -0.2) is 4.68 Å². The second-order valence-corrected chi connectivity index (χ2v) is 7.44. The number of rotatable bonds is 5. The van der Waals surface area contributed by atoms with Gasteiger partial charge in [-0.2, -0.15) is 5.10 Å². The maximum Gasteiger partial charge on any atom is 0.254 e. The molecule has 0 saturated carbocycles. The van der Waals surface area contributed by atoms with E-state index >= 15 is 0 Å². The van der Waals surface area contributed by atoms with Crippen LogP contribution in [0.2, 0.25) is 0 Å². The first-order chi connectivity index (χ1) is 11.2. The van der Waals surface area contributed by atoms with Gasteiger partial charge < -0.3 is 11.1 Å².